The predicted octanol–water partition coefficient (Wildman–Crippen LogP) is 2.83. The molecule has 34 heavy (non-hydrogen) atoms. The Morgan fingerprint density at radius 2 is 1.91 bits per heavy atom. The molecule has 1 aromatic rings. The van der Waals surface area contributed by atoms with E-state index in [4.69, 9.17) is 4.74 Å². The normalized spacial score (nSPS) is 23.0. The van der Waals surface area contributed by atoms with Gasteiger partial charge in [-0.2, -0.15) is 0 Å². The molecule has 2 heterocycles. The smallest absolute Gasteiger partial charge is 0.331 e. The van der Waals surface area contributed by atoms with Gasteiger partial charge < -0.3 is 9.29 Å². The number of alkyl halides is 1. The van der Waals surface area contributed by atoms with E-state index in [2.05, 4.69) is 10.0 Å². The maximum atomic E-state index is 15.8. The molecule has 1 aromatic carbocycles. The molecule has 2 N–H and O–H groups in total. The molecule has 2 unspecified atom stereocenters. The summed E-state index contributed by atoms with van der Waals surface area (Å²) in [6, 6.07) is 1.50. The standard InChI is InChI=1S/C23H31F2N3O5S/c1-13-5-6-17(24)15(11-13)19(27-34(32)23(2,3)4)18(25)12-16-20(29)26-22(31)28(21(16)30)14-7-9-33-10-8-14/h5-6,11,14,16,18-19,27H,7-10,12H2,1-4H3,(H,26,29,31)/t16?,18-,19+,34?/m0/s1. The first-order valence-electron chi connectivity index (χ1n) is 11.2. The molecule has 2 saturated heterocycles. The van der Waals surface area contributed by atoms with E-state index >= 15 is 4.39 Å². The maximum Gasteiger partial charge on any atom is 0.331 e. The number of halogens is 2. The van der Waals surface area contributed by atoms with Crippen molar-refractivity contribution < 1.29 is 32.5 Å². The Labute approximate surface area is 201 Å². The average Bonchev–Trinajstić information content (AvgIpc) is 2.76. The van der Waals surface area contributed by atoms with E-state index in [-0.39, 0.29) is 5.56 Å². The lowest BCUT2D eigenvalue weighted by molar-refractivity contribution is -0.146. The van der Waals surface area contributed by atoms with Crippen LogP contribution in [-0.4, -0.2) is 57.5 Å². The fourth-order valence-electron chi connectivity index (χ4n) is 4.02. The molecule has 4 amide bonds. The predicted molar refractivity (Wildman–Crippen MR) is 122 cm³/mol. The summed E-state index contributed by atoms with van der Waals surface area (Å²) in [4.78, 5) is 39.0. The molecular weight excluding hydrogens is 468 g/mol. The van der Waals surface area contributed by atoms with Crippen LogP contribution in [0, 0.1) is 18.7 Å². The highest BCUT2D eigenvalue weighted by atomic mass is 32.2. The summed E-state index contributed by atoms with van der Waals surface area (Å²) in [5, 5.41) is 2.14. The topological polar surface area (TPSA) is 111 Å². The number of nitrogens with one attached hydrogen (secondary N) is 2. The molecule has 0 bridgehead atoms. The molecule has 11 heteroatoms. The third-order valence-electron chi connectivity index (χ3n) is 5.96. The zero-order valence-corrected chi connectivity index (χ0v) is 20.5. The van der Waals surface area contributed by atoms with E-state index < -0.39 is 70.4 Å². The van der Waals surface area contributed by atoms with Gasteiger partial charge in [-0.05, 0) is 46.6 Å². The van der Waals surface area contributed by atoms with Gasteiger partial charge in [0.05, 0.1) is 0 Å². The van der Waals surface area contributed by atoms with E-state index in [9.17, 15) is 23.3 Å². The first-order chi connectivity index (χ1) is 15.9. The van der Waals surface area contributed by atoms with Gasteiger partial charge in [0.2, 0.25) is 11.8 Å². The Morgan fingerprint density at radius 3 is 2.53 bits per heavy atom. The van der Waals surface area contributed by atoms with Crippen LogP contribution < -0.4 is 10.0 Å². The zero-order valence-electron chi connectivity index (χ0n) is 19.7. The van der Waals surface area contributed by atoms with Crippen molar-refractivity contribution in [1.29, 1.82) is 0 Å². The van der Waals surface area contributed by atoms with E-state index in [0.717, 1.165) is 4.90 Å². The average molecular weight is 500 g/mol. The van der Waals surface area contributed by atoms with Gasteiger partial charge >= 0.3 is 6.03 Å². The maximum absolute atomic E-state index is 15.8. The monoisotopic (exact) mass is 499 g/mol. The Bertz CT molecular complexity index is 936. The number of barbiturate groups is 1. The summed E-state index contributed by atoms with van der Waals surface area (Å²) in [7, 11) is 0. The van der Waals surface area contributed by atoms with Crippen LogP contribution in [0.2, 0.25) is 0 Å². The molecule has 8 nitrogen and oxygen atoms in total. The number of hydrogen-bond acceptors (Lipinski definition) is 6. The summed E-state index contributed by atoms with van der Waals surface area (Å²) in [5.41, 5.74) is 0.617. The Kier molecular flexibility index (Phi) is 8.33. The third kappa shape index (κ3) is 5.94. The van der Waals surface area contributed by atoms with Gasteiger partial charge in [0.15, 0.2) is 0 Å². The Morgan fingerprint density at radius 1 is 1.26 bits per heavy atom. The Hall–Kier alpha value is -2.08. The molecule has 0 aromatic heterocycles. The van der Waals surface area contributed by atoms with Crippen LogP contribution in [-0.2, 0) is 25.7 Å². The molecule has 3 rings (SSSR count). The molecule has 2 aliphatic heterocycles. The van der Waals surface area contributed by atoms with Crippen LogP contribution in [0.5, 0.6) is 0 Å². The number of rotatable bonds is 7. The van der Waals surface area contributed by atoms with Crippen molar-refractivity contribution in [2.24, 2.45) is 5.92 Å². The lowest BCUT2D eigenvalue weighted by Crippen LogP contribution is -2.62. The number of urea groups is 1. The number of benzene rings is 1. The van der Waals surface area contributed by atoms with Crippen LogP contribution in [0.1, 0.15) is 57.2 Å². The number of nitrogens with zero attached hydrogens (tertiary/aromatic N) is 1. The van der Waals surface area contributed by atoms with E-state index in [1.807, 2.05) is 0 Å². The second-order valence-corrected chi connectivity index (χ2v) is 11.6. The van der Waals surface area contributed by atoms with Gasteiger partial charge in [-0.3, -0.25) is 19.8 Å². The lowest BCUT2D eigenvalue weighted by atomic mass is 9.90. The highest BCUT2D eigenvalue weighted by Crippen LogP contribution is 2.32. The van der Waals surface area contributed by atoms with Crippen LogP contribution in [0.3, 0.4) is 0 Å². The van der Waals surface area contributed by atoms with Crippen molar-refractivity contribution in [2.75, 3.05) is 13.2 Å². The second kappa shape index (κ2) is 10.7. The molecule has 0 spiro atoms. The van der Waals surface area contributed by atoms with Crippen molar-refractivity contribution in [1.82, 2.24) is 14.9 Å². The first-order valence-corrected chi connectivity index (χ1v) is 12.4. The number of imide groups is 2. The largest absolute Gasteiger partial charge is 0.598 e. The van der Waals surface area contributed by atoms with E-state index in [1.54, 1.807) is 27.7 Å². The van der Waals surface area contributed by atoms with Crippen LogP contribution >= 0.6 is 0 Å². The van der Waals surface area contributed by atoms with E-state index in [0.29, 0.717) is 31.6 Å². The molecule has 0 aliphatic carbocycles. The van der Waals surface area contributed by atoms with Gasteiger partial charge in [-0.15, -0.1) is 4.72 Å². The number of carbonyl (C=O) groups is 3. The summed E-state index contributed by atoms with van der Waals surface area (Å²) in [5.74, 6) is -3.86. The molecule has 2 fully saturated rings. The van der Waals surface area contributed by atoms with E-state index in [1.165, 1.54) is 18.2 Å². The van der Waals surface area contributed by atoms with Crippen molar-refractivity contribution >= 4 is 29.2 Å². The highest BCUT2D eigenvalue weighted by Gasteiger charge is 2.46. The minimum Gasteiger partial charge on any atom is -0.598 e. The van der Waals surface area contributed by atoms with Crippen molar-refractivity contribution in [3.8, 4) is 0 Å². The molecule has 4 atom stereocenters. The molecule has 188 valence electrons. The van der Waals surface area contributed by atoms with Crippen molar-refractivity contribution in [3.05, 3.63) is 35.1 Å². The van der Waals surface area contributed by atoms with Crippen LogP contribution in [0.25, 0.3) is 0 Å². The van der Waals surface area contributed by atoms with Gasteiger partial charge in [0.25, 0.3) is 0 Å². The number of amides is 4. The third-order valence-corrected chi connectivity index (χ3v) is 7.54. The zero-order chi connectivity index (χ0) is 25.2. The minimum absolute atomic E-state index is 0.0499. The highest BCUT2D eigenvalue weighted by molar-refractivity contribution is 7.90. The quantitative estimate of drug-likeness (QED) is 0.441. The number of ether oxygens (including phenoxy) is 1. The summed E-state index contributed by atoms with van der Waals surface area (Å²) in [6.45, 7) is 7.49. The van der Waals surface area contributed by atoms with Gasteiger partial charge in [-0.25, -0.2) is 13.6 Å². The molecular formula is C23H31F2N3O5S. The number of hydrogen-bond donors (Lipinski definition) is 2. The molecule has 2 aliphatic rings. The lowest BCUT2D eigenvalue weighted by Gasteiger charge is -2.38. The minimum atomic E-state index is -1.95. The Balaban J connectivity index is 1.87. The van der Waals surface area contributed by atoms with Crippen molar-refractivity contribution in [3.63, 3.8) is 0 Å². The van der Waals surface area contributed by atoms with Gasteiger partial charge in [0, 0.05) is 42.6 Å². The van der Waals surface area contributed by atoms with Crippen LogP contribution in [0.4, 0.5) is 13.6 Å². The molecule has 0 saturated carbocycles. The fraction of sp³-hybridized carbons (Fsp3) is 0.609. The van der Waals surface area contributed by atoms with Gasteiger partial charge in [-0.1, -0.05) is 17.7 Å². The molecule has 0 radical (unpaired) electrons. The van der Waals surface area contributed by atoms with Gasteiger partial charge in [0.1, 0.15) is 28.7 Å². The summed E-state index contributed by atoms with van der Waals surface area (Å²) in [6.07, 6.45) is -1.72. The summed E-state index contributed by atoms with van der Waals surface area (Å²) >= 11 is -1.76. The number of carbonyl (C=O) groups excluding carboxylic acids is 3. The van der Waals surface area contributed by atoms with Crippen molar-refractivity contribution in [2.45, 2.75) is 70.0 Å². The fourth-order valence-corrected chi connectivity index (χ4v) is 4.88. The number of aryl methyl sites for hydroxylation is 1. The summed E-state index contributed by atoms with van der Waals surface area (Å²) < 4.78 is 50.4. The first kappa shape index (κ1) is 26.5. The van der Waals surface area contributed by atoms with Crippen LogP contribution in [0.15, 0.2) is 18.2 Å². The second-order valence-electron chi connectivity index (χ2n) is 9.65. The SMILES string of the molecule is Cc1ccc(F)c([C@@H](N[S+]([O-])C(C)(C)C)[C@@H](F)CC2C(=O)NC(=O)N(C3CCOCC3)C2=O)c1.